The van der Waals surface area contributed by atoms with Crippen LogP contribution in [-0.4, -0.2) is 17.1 Å². The van der Waals surface area contributed by atoms with Crippen LogP contribution in [0.2, 0.25) is 5.02 Å². The van der Waals surface area contributed by atoms with Crippen LogP contribution < -0.4 is 10.5 Å². The Morgan fingerprint density at radius 2 is 1.94 bits per heavy atom. The number of ether oxygens (including phenoxy) is 1. The average molecular weight is 261 g/mol. The van der Waals surface area contributed by atoms with Crippen LogP contribution in [0.1, 0.15) is 5.56 Å². The van der Waals surface area contributed by atoms with Crippen molar-refractivity contribution in [2.24, 2.45) is 0 Å². The first-order chi connectivity index (χ1) is 8.65. The summed E-state index contributed by atoms with van der Waals surface area (Å²) in [6, 6.07) is 8.95. The third-order valence-electron chi connectivity index (χ3n) is 2.32. The molecule has 0 bridgehead atoms. The molecular weight excluding hydrogens is 252 g/mol. The van der Waals surface area contributed by atoms with Gasteiger partial charge in [0.1, 0.15) is 11.6 Å². The Morgan fingerprint density at radius 3 is 2.50 bits per heavy atom. The third kappa shape index (κ3) is 2.19. The lowest BCUT2D eigenvalue weighted by atomic mass is 10.1. The molecule has 1 aromatic heterocycles. The maximum Gasteiger partial charge on any atom is 0.236 e. The van der Waals surface area contributed by atoms with Crippen LogP contribution in [0.5, 0.6) is 5.88 Å². The zero-order chi connectivity index (χ0) is 13.1. The molecule has 90 valence electrons. The number of nitrogens with two attached hydrogens (primary N) is 1. The summed E-state index contributed by atoms with van der Waals surface area (Å²) in [5.74, 6) is 0.214. The quantitative estimate of drug-likeness (QED) is 0.895. The van der Waals surface area contributed by atoms with Gasteiger partial charge in [-0.05, 0) is 12.1 Å². The van der Waals surface area contributed by atoms with Gasteiger partial charge < -0.3 is 10.5 Å². The first kappa shape index (κ1) is 12.1. The summed E-state index contributed by atoms with van der Waals surface area (Å²) >= 11 is 5.82. The Balaban J connectivity index is 2.67. The molecule has 0 aliphatic rings. The van der Waals surface area contributed by atoms with Gasteiger partial charge in [0.2, 0.25) is 11.8 Å². The zero-order valence-electron chi connectivity index (χ0n) is 9.51. The largest absolute Gasteiger partial charge is 0.480 e. The molecule has 0 unspecified atom stereocenters. The number of rotatable bonds is 2. The van der Waals surface area contributed by atoms with Gasteiger partial charge in [-0.2, -0.15) is 10.2 Å². The van der Waals surface area contributed by atoms with Crippen molar-refractivity contribution in [1.82, 2.24) is 9.97 Å². The summed E-state index contributed by atoms with van der Waals surface area (Å²) in [5.41, 5.74) is 6.99. The number of nitrogen functional groups attached to an aromatic ring is 1. The molecule has 2 aromatic rings. The molecule has 0 fully saturated rings. The summed E-state index contributed by atoms with van der Waals surface area (Å²) in [7, 11) is 1.42. The molecule has 0 radical (unpaired) electrons. The molecule has 0 saturated carbocycles. The molecular formula is C12H9ClN4O. The first-order valence-electron chi connectivity index (χ1n) is 5.03. The van der Waals surface area contributed by atoms with Crippen molar-refractivity contribution in [3.05, 3.63) is 34.9 Å². The highest BCUT2D eigenvalue weighted by atomic mass is 35.5. The van der Waals surface area contributed by atoms with Gasteiger partial charge in [0.25, 0.3) is 0 Å². The van der Waals surface area contributed by atoms with Crippen LogP contribution in [-0.2, 0) is 0 Å². The number of benzene rings is 1. The van der Waals surface area contributed by atoms with E-state index in [1.807, 2.05) is 6.07 Å². The first-order valence-corrected chi connectivity index (χ1v) is 5.41. The lowest BCUT2D eigenvalue weighted by Gasteiger charge is -2.08. The highest BCUT2D eigenvalue weighted by Crippen LogP contribution is 2.28. The van der Waals surface area contributed by atoms with Gasteiger partial charge in [0.05, 0.1) is 12.8 Å². The number of anilines is 1. The van der Waals surface area contributed by atoms with E-state index in [2.05, 4.69) is 9.97 Å². The zero-order valence-corrected chi connectivity index (χ0v) is 10.3. The lowest BCUT2D eigenvalue weighted by Crippen LogP contribution is -2.03. The molecule has 6 heteroatoms. The number of nitrogens with zero attached hydrogens (tertiary/aromatic N) is 3. The van der Waals surface area contributed by atoms with Gasteiger partial charge in [-0.1, -0.05) is 23.7 Å². The van der Waals surface area contributed by atoms with E-state index in [9.17, 15) is 0 Å². The maximum absolute atomic E-state index is 9.16. The van der Waals surface area contributed by atoms with E-state index < -0.39 is 0 Å². The molecule has 0 aliphatic carbocycles. The minimum absolute atomic E-state index is 0.0517. The van der Waals surface area contributed by atoms with Gasteiger partial charge in [-0.25, -0.2) is 4.98 Å². The maximum atomic E-state index is 9.16. The molecule has 0 amide bonds. The van der Waals surface area contributed by atoms with Gasteiger partial charge in [-0.15, -0.1) is 0 Å². The highest BCUT2D eigenvalue weighted by molar-refractivity contribution is 6.30. The molecule has 0 atom stereocenters. The Labute approximate surface area is 109 Å². The second kappa shape index (κ2) is 4.90. The monoisotopic (exact) mass is 260 g/mol. The summed E-state index contributed by atoms with van der Waals surface area (Å²) in [6.45, 7) is 0. The fraction of sp³-hybridized carbons (Fsp3) is 0.0833. The van der Waals surface area contributed by atoms with E-state index in [1.165, 1.54) is 7.11 Å². The van der Waals surface area contributed by atoms with Crippen LogP contribution in [0, 0.1) is 11.3 Å². The van der Waals surface area contributed by atoms with Crippen LogP contribution in [0.4, 0.5) is 5.95 Å². The summed E-state index contributed by atoms with van der Waals surface area (Å²) in [4.78, 5) is 7.94. The number of halogens is 1. The van der Waals surface area contributed by atoms with E-state index in [0.29, 0.717) is 10.7 Å². The van der Waals surface area contributed by atoms with Gasteiger partial charge >= 0.3 is 0 Å². The van der Waals surface area contributed by atoms with E-state index >= 15 is 0 Å². The predicted molar refractivity (Wildman–Crippen MR) is 68.2 cm³/mol. The minimum atomic E-state index is 0.0517. The molecule has 5 nitrogen and oxygen atoms in total. The van der Waals surface area contributed by atoms with Crippen LogP contribution in [0.25, 0.3) is 11.3 Å². The molecule has 0 aliphatic heterocycles. The molecule has 2 N–H and O–H groups in total. The second-order valence-electron chi connectivity index (χ2n) is 3.43. The van der Waals surface area contributed by atoms with E-state index in [-0.39, 0.29) is 17.4 Å². The number of hydrogen-bond acceptors (Lipinski definition) is 5. The van der Waals surface area contributed by atoms with Gasteiger partial charge in [-0.3, -0.25) is 0 Å². The van der Waals surface area contributed by atoms with Crippen molar-refractivity contribution in [3.63, 3.8) is 0 Å². The van der Waals surface area contributed by atoms with Crippen molar-refractivity contribution in [2.45, 2.75) is 0 Å². The van der Waals surface area contributed by atoms with Crippen molar-refractivity contribution in [1.29, 1.82) is 5.26 Å². The smallest absolute Gasteiger partial charge is 0.236 e. The Hall–Kier alpha value is -2.32. The molecule has 0 spiro atoms. The van der Waals surface area contributed by atoms with Crippen molar-refractivity contribution < 1.29 is 4.74 Å². The average Bonchev–Trinajstić information content (AvgIpc) is 2.38. The van der Waals surface area contributed by atoms with Gasteiger partial charge in [0, 0.05) is 10.6 Å². The predicted octanol–water partition coefficient (Wildman–Crippen LogP) is 2.26. The highest BCUT2D eigenvalue weighted by Gasteiger charge is 2.15. The lowest BCUT2D eigenvalue weighted by molar-refractivity contribution is 0.396. The fourth-order valence-electron chi connectivity index (χ4n) is 1.52. The van der Waals surface area contributed by atoms with Crippen LogP contribution in [0.3, 0.4) is 0 Å². The molecule has 18 heavy (non-hydrogen) atoms. The summed E-state index contributed by atoms with van der Waals surface area (Å²) in [5, 5.41) is 9.76. The Kier molecular flexibility index (Phi) is 3.31. The van der Waals surface area contributed by atoms with E-state index in [0.717, 1.165) is 5.56 Å². The second-order valence-corrected chi connectivity index (χ2v) is 3.87. The van der Waals surface area contributed by atoms with Crippen LogP contribution in [0.15, 0.2) is 24.3 Å². The fourth-order valence-corrected chi connectivity index (χ4v) is 1.65. The van der Waals surface area contributed by atoms with Crippen molar-refractivity contribution in [2.75, 3.05) is 12.8 Å². The normalized spacial score (nSPS) is 9.83. The molecule has 0 saturated heterocycles. The third-order valence-corrected chi connectivity index (χ3v) is 2.57. The van der Waals surface area contributed by atoms with Crippen molar-refractivity contribution in [3.8, 4) is 23.2 Å². The standard InChI is InChI=1S/C12H9ClN4O/c1-18-11-9(6-14)10(16-12(15)17-11)7-2-4-8(13)5-3-7/h2-5H,1H3,(H2,15,16,17). The number of hydrogen-bond donors (Lipinski definition) is 1. The minimum Gasteiger partial charge on any atom is -0.480 e. The topological polar surface area (TPSA) is 84.8 Å². The summed E-state index contributed by atoms with van der Waals surface area (Å²) < 4.78 is 5.02. The Morgan fingerprint density at radius 1 is 1.28 bits per heavy atom. The molecule has 2 rings (SSSR count). The Bertz CT molecular complexity index is 619. The molecule has 1 aromatic carbocycles. The number of aromatic nitrogens is 2. The van der Waals surface area contributed by atoms with Crippen LogP contribution >= 0.6 is 11.6 Å². The number of methoxy groups -OCH3 is 1. The SMILES string of the molecule is COc1nc(N)nc(-c2ccc(Cl)cc2)c1C#N. The van der Waals surface area contributed by atoms with Crippen molar-refractivity contribution >= 4 is 17.5 Å². The number of nitriles is 1. The summed E-state index contributed by atoms with van der Waals surface area (Å²) in [6.07, 6.45) is 0. The van der Waals surface area contributed by atoms with Gasteiger partial charge in [0.15, 0.2) is 0 Å². The van der Waals surface area contributed by atoms with E-state index in [4.69, 9.17) is 27.3 Å². The van der Waals surface area contributed by atoms with E-state index in [1.54, 1.807) is 24.3 Å². The molecule has 1 heterocycles.